The minimum atomic E-state index is -3.55. The van der Waals surface area contributed by atoms with Crippen molar-refractivity contribution in [2.45, 2.75) is 32.2 Å². The second kappa shape index (κ2) is 5.72. The Morgan fingerprint density at radius 1 is 1.25 bits per heavy atom. The number of nitrogens with one attached hydrogen (secondary N) is 1. The maximum Gasteiger partial charge on any atom is 0.247 e. The number of pyridine rings is 1. The maximum absolute atomic E-state index is 12.7. The average molecular weight is 294 g/mol. The Labute approximate surface area is 118 Å². The van der Waals surface area contributed by atoms with Crippen molar-refractivity contribution in [1.82, 2.24) is 19.5 Å². The summed E-state index contributed by atoms with van der Waals surface area (Å²) in [5.74, 6) is 0. The molecule has 0 atom stereocenters. The Morgan fingerprint density at radius 2 is 1.90 bits per heavy atom. The van der Waals surface area contributed by atoms with Gasteiger partial charge in [0, 0.05) is 25.5 Å². The zero-order valence-corrected chi connectivity index (χ0v) is 12.6. The number of H-pyrrole nitrogens is 1. The van der Waals surface area contributed by atoms with Crippen molar-refractivity contribution in [3.63, 3.8) is 0 Å². The second-order valence-corrected chi connectivity index (χ2v) is 6.42. The Morgan fingerprint density at radius 3 is 2.40 bits per heavy atom. The Bertz CT molecular complexity index is 660. The molecule has 20 heavy (non-hydrogen) atoms. The molecule has 0 aliphatic heterocycles. The highest BCUT2D eigenvalue weighted by Gasteiger charge is 2.28. The molecule has 0 bridgehead atoms. The standard InChI is InChI=1S/C13H18N4O2S/c1-4-17(9-12-5-7-14-8-6-12)20(18,19)13-10(2)15-16-11(13)3/h5-8H,4,9H2,1-3H3,(H,15,16). The fourth-order valence-electron chi connectivity index (χ4n) is 2.11. The van der Waals surface area contributed by atoms with Crippen LogP contribution in [0.1, 0.15) is 23.9 Å². The van der Waals surface area contributed by atoms with Crippen LogP contribution in [0.25, 0.3) is 0 Å². The predicted molar refractivity (Wildman–Crippen MR) is 75.6 cm³/mol. The average Bonchev–Trinajstić information content (AvgIpc) is 2.77. The third-order valence-electron chi connectivity index (χ3n) is 3.12. The van der Waals surface area contributed by atoms with Crippen molar-refractivity contribution in [3.8, 4) is 0 Å². The highest BCUT2D eigenvalue weighted by molar-refractivity contribution is 7.89. The lowest BCUT2D eigenvalue weighted by Gasteiger charge is -2.20. The first-order valence-corrected chi connectivity index (χ1v) is 7.81. The molecule has 0 fully saturated rings. The zero-order valence-electron chi connectivity index (χ0n) is 11.8. The van der Waals surface area contributed by atoms with Gasteiger partial charge in [0.25, 0.3) is 0 Å². The van der Waals surface area contributed by atoms with Gasteiger partial charge in [-0.1, -0.05) is 6.92 Å². The van der Waals surface area contributed by atoms with Gasteiger partial charge < -0.3 is 0 Å². The summed E-state index contributed by atoms with van der Waals surface area (Å²) >= 11 is 0. The number of aromatic amines is 1. The molecule has 2 aromatic heterocycles. The molecule has 0 aromatic carbocycles. The van der Waals surface area contributed by atoms with E-state index >= 15 is 0 Å². The molecule has 0 radical (unpaired) electrons. The van der Waals surface area contributed by atoms with E-state index in [2.05, 4.69) is 15.2 Å². The van der Waals surface area contributed by atoms with Crippen LogP contribution in [0.2, 0.25) is 0 Å². The largest absolute Gasteiger partial charge is 0.281 e. The molecular weight excluding hydrogens is 276 g/mol. The van der Waals surface area contributed by atoms with Crippen molar-refractivity contribution in [1.29, 1.82) is 0 Å². The summed E-state index contributed by atoms with van der Waals surface area (Å²) in [6.07, 6.45) is 3.31. The van der Waals surface area contributed by atoms with E-state index in [1.165, 1.54) is 4.31 Å². The predicted octanol–water partition coefficient (Wildman–Crippen LogP) is 1.63. The van der Waals surface area contributed by atoms with Crippen LogP contribution in [0.5, 0.6) is 0 Å². The molecule has 0 saturated heterocycles. The van der Waals surface area contributed by atoms with E-state index < -0.39 is 10.0 Å². The van der Waals surface area contributed by atoms with Crippen molar-refractivity contribution >= 4 is 10.0 Å². The van der Waals surface area contributed by atoms with E-state index in [1.807, 2.05) is 19.1 Å². The monoisotopic (exact) mass is 294 g/mol. The topological polar surface area (TPSA) is 79.0 Å². The van der Waals surface area contributed by atoms with E-state index in [-0.39, 0.29) is 4.90 Å². The van der Waals surface area contributed by atoms with Gasteiger partial charge >= 0.3 is 0 Å². The van der Waals surface area contributed by atoms with E-state index in [1.54, 1.807) is 26.2 Å². The van der Waals surface area contributed by atoms with Gasteiger partial charge in [0.15, 0.2) is 0 Å². The molecule has 108 valence electrons. The summed E-state index contributed by atoms with van der Waals surface area (Å²) in [5, 5.41) is 6.69. The van der Waals surface area contributed by atoms with Gasteiger partial charge in [-0.15, -0.1) is 0 Å². The third-order valence-corrected chi connectivity index (χ3v) is 5.30. The number of hydrogen-bond donors (Lipinski definition) is 1. The summed E-state index contributed by atoms with van der Waals surface area (Å²) < 4.78 is 26.9. The summed E-state index contributed by atoms with van der Waals surface area (Å²) in [5.41, 5.74) is 1.97. The fourth-order valence-corrected chi connectivity index (χ4v) is 3.88. The first-order chi connectivity index (χ1) is 9.46. The lowest BCUT2D eigenvalue weighted by molar-refractivity contribution is 0.422. The highest BCUT2D eigenvalue weighted by Crippen LogP contribution is 2.22. The Balaban J connectivity index is 2.36. The number of aromatic nitrogens is 3. The Hall–Kier alpha value is -1.73. The highest BCUT2D eigenvalue weighted by atomic mass is 32.2. The van der Waals surface area contributed by atoms with Crippen LogP contribution in [0.4, 0.5) is 0 Å². The molecule has 0 aliphatic rings. The third kappa shape index (κ3) is 2.73. The van der Waals surface area contributed by atoms with E-state index in [0.29, 0.717) is 24.5 Å². The van der Waals surface area contributed by atoms with Gasteiger partial charge in [0.2, 0.25) is 10.0 Å². The maximum atomic E-state index is 12.7. The van der Waals surface area contributed by atoms with E-state index in [9.17, 15) is 8.42 Å². The number of nitrogens with zero attached hydrogens (tertiary/aromatic N) is 3. The van der Waals surface area contributed by atoms with Crippen LogP contribution < -0.4 is 0 Å². The molecule has 2 aromatic rings. The summed E-state index contributed by atoms with van der Waals surface area (Å²) in [6.45, 7) is 5.95. The van der Waals surface area contributed by atoms with Crippen LogP contribution >= 0.6 is 0 Å². The van der Waals surface area contributed by atoms with Crippen molar-refractivity contribution < 1.29 is 8.42 Å². The Kier molecular flexibility index (Phi) is 4.20. The van der Waals surface area contributed by atoms with Crippen LogP contribution in [0.3, 0.4) is 0 Å². The van der Waals surface area contributed by atoms with Gasteiger partial charge in [-0.05, 0) is 31.5 Å². The minimum Gasteiger partial charge on any atom is -0.281 e. The lowest BCUT2D eigenvalue weighted by Crippen LogP contribution is -2.31. The molecule has 0 unspecified atom stereocenters. The smallest absolute Gasteiger partial charge is 0.247 e. The fraction of sp³-hybridized carbons (Fsp3) is 0.385. The number of aryl methyl sites for hydroxylation is 2. The molecule has 0 aliphatic carbocycles. The molecule has 7 heteroatoms. The van der Waals surface area contributed by atoms with Crippen LogP contribution in [0, 0.1) is 13.8 Å². The van der Waals surface area contributed by atoms with Gasteiger partial charge in [-0.3, -0.25) is 10.1 Å². The van der Waals surface area contributed by atoms with Gasteiger partial charge in [-0.2, -0.15) is 9.40 Å². The van der Waals surface area contributed by atoms with Crippen LogP contribution in [-0.4, -0.2) is 34.4 Å². The summed E-state index contributed by atoms with van der Waals surface area (Å²) in [6, 6.07) is 3.63. The molecule has 2 heterocycles. The van der Waals surface area contributed by atoms with Crippen molar-refractivity contribution in [2.75, 3.05) is 6.54 Å². The minimum absolute atomic E-state index is 0.272. The zero-order chi connectivity index (χ0) is 14.8. The van der Waals surface area contributed by atoms with E-state index in [4.69, 9.17) is 0 Å². The van der Waals surface area contributed by atoms with Crippen molar-refractivity contribution in [2.24, 2.45) is 0 Å². The van der Waals surface area contributed by atoms with E-state index in [0.717, 1.165) is 5.56 Å². The van der Waals surface area contributed by atoms with Gasteiger partial charge in [0.05, 0.1) is 11.4 Å². The number of sulfonamides is 1. The quantitative estimate of drug-likeness (QED) is 0.909. The molecule has 0 spiro atoms. The van der Waals surface area contributed by atoms with Crippen LogP contribution in [0.15, 0.2) is 29.4 Å². The van der Waals surface area contributed by atoms with Crippen molar-refractivity contribution in [3.05, 3.63) is 41.5 Å². The number of hydrogen-bond acceptors (Lipinski definition) is 4. The second-order valence-electron chi connectivity index (χ2n) is 4.55. The summed E-state index contributed by atoms with van der Waals surface area (Å²) in [4.78, 5) is 4.21. The molecule has 0 saturated carbocycles. The molecule has 0 amide bonds. The molecule has 2 rings (SSSR count). The van der Waals surface area contributed by atoms with Crippen LogP contribution in [-0.2, 0) is 16.6 Å². The molecule has 6 nitrogen and oxygen atoms in total. The number of rotatable bonds is 5. The first-order valence-electron chi connectivity index (χ1n) is 6.37. The summed E-state index contributed by atoms with van der Waals surface area (Å²) in [7, 11) is -3.55. The van der Waals surface area contributed by atoms with Gasteiger partial charge in [0.1, 0.15) is 4.90 Å². The normalized spacial score (nSPS) is 12.0. The van der Waals surface area contributed by atoms with Gasteiger partial charge in [-0.25, -0.2) is 8.42 Å². The molecular formula is C13H18N4O2S. The first kappa shape index (κ1) is 14.7. The SMILES string of the molecule is CCN(Cc1ccncc1)S(=O)(=O)c1c(C)n[nH]c1C. The lowest BCUT2D eigenvalue weighted by atomic mass is 10.3. The molecule has 1 N–H and O–H groups in total.